The molecule has 0 amide bonds. The quantitative estimate of drug-likeness (QED) is 0.482. The molecule has 0 aliphatic rings. The largest absolute Gasteiger partial charge is 0.332 e. The highest BCUT2D eigenvalue weighted by molar-refractivity contribution is 5.83. The minimum Gasteiger partial charge on any atom is -0.332 e. The Balaban J connectivity index is 1.79. The van der Waals surface area contributed by atoms with Crippen LogP contribution in [0.15, 0.2) is 64.3 Å². The van der Waals surface area contributed by atoms with Crippen LogP contribution in [0.4, 0.5) is 0 Å². The third-order valence-electron chi connectivity index (χ3n) is 4.63. The zero-order chi connectivity index (χ0) is 19.3. The zero-order valence-corrected chi connectivity index (χ0v) is 15.3. The molecule has 8 nitrogen and oxygen atoms in total. The van der Waals surface area contributed by atoms with Gasteiger partial charge in [0.05, 0.1) is 11.0 Å². The van der Waals surface area contributed by atoms with Crippen LogP contribution in [0, 0.1) is 0 Å². The van der Waals surface area contributed by atoms with Crippen LogP contribution in [0.1, 0.15) is 19.9 Å². The normalized spacial score (nSPS) is 11.7. The number of nitrogens with zero attached hydrogens (tertiary/aromatic N) is 6. The van der Waals surface area contributed by atoms with Crippen LogP contribution in [0.5, 0.6) is 0 Å². The molecular formula is C20H16N6O2. The van der Waals surface area contributed by atoms with Crippen molar-refractivity contribution < 1.29 is 4.52 Å². The standard InChI is InChI=1S/C20H16N6O2/c1-12(2)26-15-9-4-3-8-14(15)25-11-22-16(17(25)20(26)27)19-23-18(24-28-19)13-7-5-6-10-21-13/h3-12H,1-2H3. The maximum atomic E-state index is 13.3. The average molecular weight is 372 g/mol. The molecule has 0 atom stereocenters. The van der Waals surface area contributed by atoms with E-state index in [0.717, 1.165) is 11.0 Å². The summed E-state index contributed by atoms with van der Waals surface area (Å²) >= 11 is 0. The van der Waals surface area contributed by atoms with Crippen molar-refractivity contribution in [1.82, 2.24) is 29.1 Å². The maximum absolute atomic E-state index is 13.3. The predicted molar refractivity (Wildman–Crippen MR) is 104 cm³/mol. The van der Waals surface area contributed by atoms with E-state index in [4.69, 9.17) is 4.52 Å². The molecule has 0 aliphatic carbocycles. The van der Waals surface area contributed by atoms with Crippen LogP contribution in [0.2, 0.25) is 0 Å². The average Bonchev–Trinajstić information content (AvgIpc) is 3.36. The van der Waals surface area contributed by atoms with Gasteiger partial charge in [-0.2, -0.15) is 4.98 Å². The molecule has 0 aliphatic heterocycles. The second-order valence-electron chi connectivity index (χ2n) is 6.71. The molecule has 4 heterocycles. The Bertz CT molecular complexity index is 1360. The number of rotatable bonds is 3. The van der Waals surface area contributed by atoms with Crippen molar-refractivity contribution >= 4 is 16.6 Å². The summed E-state index contributed by atoms with van der Waals surface area (Å²) in [6.45, 7) is 3.96. The van der Waals surface area contributed by atoms with Crippen LogP contribution < -0.4 is 5.56 Å². The fraction of sp³-hybridized carbons (Fsp3) is 0.150. The Morgan fingerprint density at radius 3 is 2.54 bits per heavy atom. The van der Waals surface area contributed by atoms with Crippen molar-refractivity contribution in [3.63, 3.8) is 0 Å². The summed E-state index contributed by atoms with van der Waals surface area (Å²) in [7, 11) is 0. The lowest BCUT2D eigenvalue weighted by atomic mass is 10.2. The van der Waals surface area contributed by atoms with E-state index in [0.29, 0.717) is 22.7 Å². The van der Waals surface area contributed by atoms with Crippen LogP contribution in [0.3, 0.4) is 0 Å². The first-order valence-corrected chi connectivity index (χ1v) is 8.91. The predicted octanol–water partition coefficient (Wildman–Crippen LogP) is 3.34. The highest BCUT2D eigenvalue weighted by Crippen LogP contribution is 2.25. The van der Waals surface area contributed by atoms with Gasteiger partial charge in [0.2, 0.25) is 5.82 Å². The molecule has 5 aromatic rings. The minimum atomic E-state index is -0.154. The zero-order valence-electron chi connectivity index (χ0n) is 15.3. The summed E-state index contributed by atoms with van der Waals surface area (Å²) in [6.07, 6.45) is 3.27. The monoisotopic (exact) mass is 372 g/mol. The maximum Gasteiger partial charge on any atom is 0.279 e. The number of fused-ring (bicyclic) bond motifs is 3. The van der Waals surface area contributed by atoms with E-state index < -0.39 is 0 Å². The molecule has 0 bridgehead atoms. The highest BCUT2D eigenvalue weighted by Gasteiger charge is 2.22. The Labute approximate surface area is 159 Å². The molecular weight excluding hydrogens is 356 g/mol. The third kappa shape index (κ3) is 2.34. The molecule has 138 valence electrons. The number of hydrogen-bond donors (Lipinski definition) is 0. The van der Waals surface area contributed by atoms with E-state index in [2.05, 4.69) is 20.1 Å². The summed E-state index contributed by atoms with van der Waals surface area (Å²) in [6, 6.07) is 13.2. The van der Waals surface area contributed by atoms with Gasteiger partial charge in [0.25, 0.3) is 11.4 Å². The molecule has 28 heavy (non-hydrogen) atoms. The van der Waals surface area contributed by atoms with Crippen LogP contribution in [-0.4, -0.2) is 29.1 Å². The third-order valence-corrected chi connectivity index (χ3v) is 4.63. The van der Waals surface area contributed by atoms with Gasteiger partial charge in [-0.05, 0) is 38.1 Å². The highest BCUT2D eigenvalue weighted by atomic mass is 16.5. The lowest BCUT2D eigenvalue weighted by molar-refractivity contribution is 0.431. The van der Waals surface area contributed by atoms with Crippen molar-refractivity contribution in [2.75, 3.05) is 0 Å². The first-order chi connectivity index (χ1) is 13.6. The number of benzene rings is 1. The van der Waals surface area contributed by atoms with Gasteiger partial charge in [0, 0.05) is 12.2 Å². The number of pyridine rings is 1. The summed E-state index contributed by atoms with van der Waals surface area (Å²) in [5.74, 6) is 0.535. The number of hydrogen-bond acceptors (Lipinski definition) is 6. The summed E-state index contributed by atoms with van der Waals surface area (Å²) in [4.78, 5) is 26.4. The second-order valence-corrected chi connectivity index (χ2v) is 6.71. The van der Waals surface area contributed by atoms with E-state index in [-0.39, 0.29) is 17.5 Å². The Morgan fingerprint density at radius 2 is 1.79 bits per heavy atom. The van der Waals surface area contributed by atoms with Gasteiger partial charge >= 0.3 is 0 Å². The molecule has 0 N–H and O–H groups in total. The van der Waals surface area contributed by atoms with Gasteiger partial charge in [0.15, 0.2) is 5.69 Å². The molecule has 4 aromatic heterocycles. The lowest BCUT2D eigenvalue weighted by Crippen LogP contribution is -2.24. The van der Waals surface area contributed by atoms with Crippen LogP contribution in [-0.2, 0) is 0 Å². The Morgan fingerprint density at radius 1 is 1.00 bits per heavy atom. The van der Waals surface area contributed by atoms with Crippen molar-refractivity contribution in [3.05, 3.63) is 65.3 Å². The van der Waals surface area contributed by atoms with Crippen LogP contribution >= 0.6 is 0 Å². The molecule has 0 radical (unpaired) electrons. The number of aromatic nitrogens is 6. The van der Waals surface area contributed by atoms with Crippen molar-refractivity contribution in [2.45, 2.75) is 19.9 Å². The number of imidazole rings is 1. The van der Waals surface area contributed by atoms with Gasteiger partial charge < -0.3 is 9.09 Å². The lowest BCUT2D eigenvalue weighted by Gasteiger charge is -2.15. The number of para-hydroxylation sites is 2. The van der Waals surface area contributed by atoms with E-state index >= 15 is 0 Å². The van der Waals surface area contributed by atoms with Crippen molar-refractivity contribution in [2.24, 2.45) is 0 Å². The molecule has 0 unspecified atom stereocenters. The molecule has 0 fully saturated rings. The fourth-order valence-corrected chi connectivity index (χ4v) is 3.42. The van der Waals surface area contributed by atoms with Gasteiger partial charge in [-0.3, -0.25) is 14.2 Å². The van der Waals surface area contributed by atoms with Crippen molar-refractivity contribution in [3.8, 4) is 23.1 Å². The van der Waals surface area contributed by atoms with Crippen LogP contribution in [0.25, 0.3) is 39.7 Å². The van der Waals surface area contributed by atoms with Gasteiger partial charge in [-0.1, -0.05) is 23.4 Å². The van der Waals surface area contributed by atoms with Crippen molar-refractivity contribution in [1.29, 1.82) is 0 Å². The summed E-state index contributed by atoms with van der Waals surface area (Å²) in [5, 5.41) is 3.99. The Kier molecular flexibility index (Phi) is 3.58. The van der Waals surface area contributed by atoms with E-state index in [1.165, 1.54) is 0 Å². The first-order valence-electron chi connectivity index (χ1n) is 8.91. The smallest absolute Gasteiger partial charge is 0.279 e. The SMILES string of the molecule is CC(C)n1c(=O)c2c(-c3nc(-c4ccccn4)no3)ncn2c2ccccc21. The fourth-order valence-electron chi connectivity index (χ4n) is 3.42. The second kappa shape index (κ2) is 6.12. The molecule has 0 saturated carbocycles. The van der Waals surface area contributed by atoms with Gasteiger partial charge in [-0.25, -0.2) is 4.98 Å². The van der Waals surface area contributed by atoms with E-state index in [1.807, 2.05) is 50.2 Å². The molecule has 8 heteroatoms. The van der Waals surface area contributed by atoms with Gasteiger partial charge in [-0.15, -0.1) is 0 Å². The topological polar surface area (TPSA) is 91.1 Å². The summed E-state index contributed by atoms with van der Waals surface area (Å²) in [5.41, 5.74) is 2.93. The first kappa shape index (κ1) is 16.4. The molecule has 0 spiro atoms. The molecule has 5 rings (SSSR count). The molecule has 1 aromatic carbocycles. The van der Waals surface area contributed by atoms with E-state index in [9.17, 15) is 4.79 Å². The Hall–Kier alpha value is -3.81. The molecule has 0 saturated heterocycles. The summed E-state index contributed by atoms with van der Waals surface area (Å²) < 4.78 is 8.94. The van der Waals surface area contributed by atoms with E-state index in [1.54, 1.807) is 27.6 Å². The minimum absolute atomic E-state index is 0.0167. The van der Waals surface area contributed by atoms with Gasteiger partial charge in [0.1, 0.15) is 17.5 Å².